The summed E-state index contributed by atoms with van der Waals surface area (Å²) in [5, 5.41) is 14.1. The quantitative estimate of drug-likeness (QED) is 0.847. The molecule has 3 heteroatoms. The number of nitrogens with one attached hydrogen (secondary N) is 1. The van der Waals surface area contributed by atoms with E-state index in [1.54, 1.807) is 0 Å². The molecule has 1 unspecified atom stereocenters. The topological polar surface area (TPSA) is 32.3 Å². The summed E-state index contributed by atoms with van der Waals surface area (Å²) in [5.74, 6) is 0. The fourth-order valence-electron chi connectivity index (χ4n) is 2.21. The van der Waals surface area contributed by atoms with Gasteiger partial charge in [0.1, 0.15) is 0 Å². The molecule has 0 radical (unpaired) electrons. The molecule has 0 aliphatic heterocycles. The summed E-state index contributed by atoms with van der Waals surface area (Å²) < 4.78 is 0. The fraction of sp³-hybridized carbons (Fsp3) is 0.538. The van der Waals surface area contributed by atoms with Crippen LogP contribution >= 0.6 is 11.6 Å². The van der Waals surface area contributed by atoms with Crippen LogP contribution in [0, 0.1) is 0 Å². The Hall–Kier alpha value is -0.570. The summed E-state index contributed by atoms with van der Waals surface area (Å²) in [5.41, 5.74) is 0.926. The Morgan fingerprint density at radius 2 is 1.88 bits per heavy atom. The molecule has 1 saturated carbocycles. The van der Waals surface area contributed by atoms with Gasteiger partial charge in [0.25, 0.3) is 0 Å². The molecule has 0 bridgehead atoms. The van der Waals surface area contributed by atoms with Crippen molar-refractivity contribution >= 4 is 11.6 Å². The van der Waals surface area contributed by atoms with Crippen molar-refractivity contribution in [1.29, 1.82) is 0 Å². The number of halogens is 1. The summed E-state index contributed by atoms with van der Waals surface area (Å²) in [4.78, 5) is 0. The lowest BCUT2D eigenvalue weighted by atomic mass is 10.1. The van der Waals surface area contributed by atoms with E-state index in [0.29, 0.717) is 17.6 Å². The van der Waals surface area contributed by atoms with E-state index in [9.17, 15) is 5.11 Å². The Bertz CT molecular complexity index is 319. The molecule has 0 amide bonds. The van der Waals surface area contributed by atoms with Crippen LogP contribution in [0.25, 0.3) is 0 Å². The van der Waals surface area contributed by atoms with Gasteiger partial charge in [-0.15, -0.1) is 0 Å². The van der Waals surface area contributed by atoms with E-state index in [4.69, 9.17) is 11.6 Å². The third kappa shape index (κ3) is 3.21. The molecule has 1 aliphatic carbocycles. The molecular formula is C13H18ClNO. The van der Waals surface area contributed by atoms with Crippen LogP contribution in [0.3, 0.4) is 0 Å². The van der Waals surface area contributed by atoms with Crippen molar-refractivity contribution in [3.63, 3.8) is 0 Å². The molecule has 0 spiro atoms. The highest BCUT2D eigenvalue weighted by molar-refractivity contribution is 6.30. The fourth-order valence-corrected chi connectivity index (χ4v) is 2.34. The van der Waals surface area contributed by atoms with Crippen molar-refractivity contribution in [1.82, 2.24) is 5.32 Å². The molecule has 0 saturated heterocycles. The minimum absolute atomic E-state index is 0.433. The van der Waals surface area contributed by atoms with Crippen LogP contribution in [0.1, 0.15) is 37.4 Å². The van der Waals surface area contributed by atoms with E-state index in [2.05, 4.69) is 5.32 Å². The third-order valence-corrected chi connectivity index (χ3v) is 3.46. The van der Waals surface area contributed by atoms with E-state index in [1.807, 2.05) is 24.3 Å². The summed E-state index contributed by atoms with van der Waals surface area (Å²) >= 11 is 5.80. The van der Waals surface area contributed by atoms with E-state index < -0.39 is 6.10 Å². The van der Waals surface area contributed by atoms with Crippen molar-refractivity contribution in [2.75, 3.05) is 6.54 Å². The van der Waals surface area contributed by atoms with Gasteiger partial charge in [-0.3, -0.25) is 0 Å². The summed E-state index contributed by atoms with van der Waals surface area (Å²) in [6, 6.07) is 7.99. The van der Waals surface area contributed by atoms with Crippen molar-refractivity contribution in [2.24, 2.45) is 0 Å². The molecular weight excluding hydrogens is 222 g/mol. The van der Waals surface area contributed by atoms with Crippen LogP contribution in [-0.4, -0.2) is 17.7 Å². The molecule has 1 fully saturated rings. The highest BCUT2D eigenvalue weighted by atomic mass is 35.5. The van der Waals surface area contributed by atoms with Crippen LogP contribution in [0.15, 0.2) is 24.3 Å². The predicted molar refractivity (Wildman–Crippen MR) is 66.7 cm³/mol. The van der Waals surface area contributed by atoms with Crippen LogP contribution < -0.4 is 5.32 Å². The molecule has 1 atom stereocenters. The lowest BCUT2D eigenvalue weighted by Crippen LogP contribution is -2.30. The van der Waals surface area contributed by atoms with Gasteiger partial charge in [0.2, 0.25) is 0 Å². The Morgan fingerprint density at radius 3 is 2.50 bits per heavy atom. The molecule has 0 aromatic heterocycles. The molecule has 1 aromatic carbocycles. The van der Waals surface area contributed by atoms with Gasteiger partial charge in [-0.05, 0) is 30.5 Å². The first kappa shape index (κ1) is 11.9. The lowest BCUT2D eigenvalue weighted by molar-refractivity contribution is 0.170. The van der Waals surface area contributed by atoms with Gasteiger partial charge in [-0.25, -0.2) is 0 Å². The molecule has 88 valence electrons. The minimum Gasteiger partial charge on any atom is -0.387 e. The first-order chi connectivity index (χ1) is 7.75. The van der Waals surface area contributed by atoms with Crippen LogP contribution in [-0.2, 0) is 0 Å². The van der Waals surface area contributed by atoms with Crippen molar-refractivity contribution in [3.05, 3.63) is 34.9 Å². The zero-order valence-corrected chi connectivity index (χ0v) is 10.1. The second-order valence-electron chi connectivity index (χ2n) is 4.46. The molecule has 16 heavy (non-hydrogen) atoms. The Morgan fingerprint density at radius 1 is 1.25 bits per heavy atom. The maximum atomic E-state index is 9.97. The Kier molecular flexibility index (Phi) is 4.22. The minimum atomic E-state index is -0.433. The van der Waals surface area contributed by atoms with Crippen molar-refractivity contribution < 1.29 is 5.11 Å². The lowest BCUT2D eigenvalue weighted by Gasteiger charge is -2.16. The van der Waals surface area contributed by atoms with Gasteiger partial charge in [0.15, 0.2) is 0 Å². The van der Waals surface area contributed by atoms with Crippen LogP contribution in [0.2, 0.25) is 5.02 Å². The first-order valence-corrected chi connectivity index (χ1v) is 6.30. The number of hydrogen-bond donors (Lipinski definition) is 2. The number of hydrogen-bond acceptors (Lipinski definition) is 2. The standard InChI is InChI=1S/C13H18ClNO/c14-11-7-5-10(6-8-11)13(16)9-15-12-3-1-2-4-12/h5-8,12-13,15-16H,1-4,9H2. The van der Waals surface area contributed by atoms with Gasteiger partial charge < -0.3 is 10.4 Å². The van der Waals surface area contributed by atoms with E-state index in [1.165, 1.54) is 25.7 Å². The number of aliphatic hydroxyl groups excluding tert-OH is 1. The van der Waals surface area contributed by atoms with Crippen molar-refractivity contribution in [3.8, 4) is 0 Å². The summed E-state index contributed by atoms with van der Waals surface area (Å²) in [6.07, 6.45) is 4.68. The number of rotatable bonds is 4. The Labute approximate surface area is 102 Å². The maximum Gasteiger partial charge on any atom is 0.0914 e. The van der Waals surface area contributed by atoms with E-state index in [0.717, 1.165) is 5.56 Å². The highest BCUT2D eigenvalue weighted by Gasteiger charge is 2.16. The molecule has 2 rings (SSSR count). The molecule has 2 nitrogen and oxygen atoms in total. The largest absolute Gasteiger partial charge is 0.387 e. The summed E-state index contributed by atoms with van der Waals surface area (Å²) in [6.45, 7) is 0.631. The molecule has 1 aromatic rings. The van der Waals surface area contributed by atoms with Crippen LogP contribution in [0.5, 0.6) is 0 Å². The molecule has 0 heterocycles. The van der Waals surface area contributed by atoms with Gasteiger partial charge in [0, 0.05) is 17.6 Å². The van der Waals surface area contributed by atoms with E-state index >= 15 is 0 Å². The van der Waals surface area contributed by atoms with Gasteiger partial charge in [0.05, 0.1) is 6.10 Å². The van der Waals surface area contributed by atoms with Crippen molar-refractivity contribution in [2.45, 2.75) is 37.8 Å². The maximum absolute atomic E-state index is 9.97. The summed E-state index contributed by atoms with van der Waals surface area (Å²) in [7, 11) is 0. The second-order valence-corrected chi connectivity index (χ2v) is 4.89. The van der Waals surface area contributed by atoms with E-state index in [-0.39, 0.29) is 0 Å². The molecule has 1 aliphatic rings. The highest BCUT2D eigenvalue weighted by Crippen LogP contribution is 2.19. The predicted octanol–water partition coefficient (Wildman–Crippen LogP) is 2.91. The van der Waals surface area contributed by atoms with Gasteiger partial charge in [-0.1, -0.05) is 36.6 Å². The van der Waals surface area contributed by atoms with Crippen LogP contribution in [0.4, 0.5) is 0 Å². The average Bonchev–Trinajstić information content (AvgIpc) is 2.80. The van der Waals surface area contributed by atoms with Gasteiger partial charge in [-0.2, -0.15) is 0 Å². The monoisotopic (exact) mass is 239 g/mol. The zero-order valence-electron chi connectivity index (χ0n) is 9.32. The Balaban J connectivity index is 1.82. The second kappa shape index (κ2) is 5.67. The third-order valence-electron chi connectivity index (χ3n) is 3.21. The first-order valence-electron chi connectivity index (χ1n) is 5.92. The zero-order chi connectivity index (χ0) is 11.4. The normalized spacial score (nSPS) is 18.9. The average molecular weight is 240 g/mol. The smallest absolute Gasteiger partial charge is 0.0914 e. The SMILES string of the molecule is OC(CNC1CCCC1)c1ccc(Cl)cc1. The molecule has 2 N–H and O–H groups in total. The van der Waals surface area contributed by atoms with Gasteiger partial charge >= 0.3 is 0 Å². The number of aliphatic hydroxyl groups is 1. The number of benzene rings is 1.